The highest BCUT2D eigenvalue weighted by Crippen LogP contribution is 2.60. The lowest BCUT2D eigenvalue weighted by Crippen LogP contribution is -2.76. The van der Waals surface area contributed by atoms with Gasteiger partial charge in [-0.2, -0.15) is 0 Å². The molecule has 1 saturated carbocycles. The largest absolute Gasteiger partial charge is 0.508 e. The summed E-state index contributed by atoms with van der Waals surface area (Å²) in [6.07, 6.45) is 3.42. The van der Waals surface area contributed by atoms with Crippen LogP contribution in [0, 0.1) is 0 Å². The summed E-state index contributed by atoms with van der Waals surface area (Å²) < 4.78 is 0. The third-order valence-corrected chi connectivity index (χ3v) is 8.05. The van der Waals surface area contributed by atoms with E-state index in [-0.39, 0.29) is 17.7 Å². The molecule has 4 atom stereocenters. The molecule has 2 aliphatic heterocycles. The number of phenolic OH excluding ortho intramolecular Hbond substituents is 1. The monoisotopic (exact) mass is 411 g/mol. The van der Waals surface area contributed by atoms with Crippen LogP contribution in [0.5, 0.6) is 5.75 Å². The van der Waals surface area contributed by atoms with Crippen molar-refractivity contribution in [2.45, 2.75) is 68.0 Å². The van der Waals surface area contributed by atoms with Crippen LogP contribution in [0.15, 0.2) is 30.4 Å². The first-order valence-electron chi connectivity index (χ1n) is 10.8. The second-order valence-corrected chi connectivity index (χ2v) is 9.73. The number of amides is 3. The minimum absolute atomic E-state index is 0.0693. The minimum Gasteiger partial charge on any atom is -0.508 e. The van der Waals surface area contributed by atoms with Crippen molar-refractivity contribution in [2.75, 3.05) is 13.1 Å². The number of aliphatic hydroxyl groups is 1. The number of nitrogens with one attached hydrogen (secondary N) is 2. The van der Waals surface area contributed by atoms with Crippen molar-refractivity contribution in [3.8, 4) is 5.75 Å². The van der Waals surface area contributed by atoms with E-state index >= 15 is 0 Å². The quantitative estimate of drug-likeness (QED) is 0.448. The molecule has 2 aliphatic carbocycles. The summed E-state index contributed by atoms with van der Waals surface area (Å²) in [5.41, 5.74) is 0.413. The Morgan fingerprint density at radius 2 is 2.10 bits per heavy atom. The fraction of sp³-hybridized carbons (Fsp3) is 0.565. The Labute approximate surface area is 176 Å². The highest BCUT2D eigenvalue weighted by atomic mass is 16.3. The maximum Gasteiger partial charge on any atom is 0.322 e. The van der Waals surface area contributed by atoms with Crippen molar-refractivity contribution in [3.63, 3.8) is 0 Å². The number of nitrogens with zero attached hydrogens (tertiary/aromatic N) is 1. The number of piperidine rings is 1. The van der Waals surface area contributed by atoms with Crippen molar-refractivity contribution in [2.24, 2.45) is 0 Å². The number of hydrogen-bond acceptors (Lipinski definition) is 5. The molecule has 4 N–H and O–H groups in total. The molecule has 7 heteroatoms. The van der Waals surface area contributed by atoms with Crippen molar-refractivity contribution >= 4 is 11.9 Å². The normalized spacial score (nSPS) is 37.3. The molecular formula is C23H29N3O4. The molecule has 1 spiro atoms. The van der Waals surface area contributed by atoms with Gasteiger partial charge >= 0.3 is 6.03 Å². The average Bonchev–Trinajstić information content (AvgIpc) is 2.95. The fourth-order valence-corrected chi connectivity index (χ4v) is 6.57. The Balaban J connectivity index is 1.63. The van der Waals surface area contributed by atoms with Crippen molar-refractivity contribution in [1.29, 1.82) is 0 Å². The van der Waals surface area contributed by atoms with Gasteiger partial charge in [0.1, 0.15) is 11.3 Å². The van der Waals surface area contributed by atoms with Crippen molar-refractivity contribution < 1.29 is 19.8 Å². The van der Waals surface area contributed by atoms with Gasteiger partial charge in [0.2, 0.25) is 0 Å². The molecule has 1 aromatic carbocycles. The third-order valence-electron chi connectivity index (χ3n) is 8.05. The molecule has 1 aromatic rings. The fourth-order valence-electron chi connectivity index (χ4n) is 6.57. The summed E-state index contributed by atoms with van der Waals surface area (Å²) in [5, 5.41) is 27.8. The van der Waals surface area contributed by atoms with E-state index in [1.807, 2.05) is 13.0 Å². The predicted octanol–water partition coefficient (Wildman–Crippen LogP) is 1.72. The van der Waals surface area contributed by atoms with Gasteiger partial charge in [-0.25, -0.2) is 4.79 Å². The van der Waals surface area contributed by atoms with Crippen LogP contribution in [-0.4, -0.2) is 57.3 Å². The topological polar surface area (TPSA) is 102 Å². The first kappa shape index (κ1) is 19.6. The van der Waals surface area contributed by atoms with Gasteiger partial charge in [-0.05, 0) is 75.3 Å². The molecule has 2 heterocycles. The number of benzene rings is 1. The zero-order valence-electron chi connectivity index (χ0n) is 17.3. The van der Waals surface area contributed by atoms with Crippen LogP contribution in [0.25, 0.3) is 0 Å². The van der Waals surface area contributed by atoms with Crippen LogP contribution in [0.3, 0.4) is 0 Å². The van der Waals surface area contributed by atoms with Crippen LogP contribution in [-0.2, 0) is 16.6 Å². The number of likely N-dealkylation sites (tertiary alicyclic amines) is 1. The summed E-state index contributed by atoms with van der Waals surface area (Å²) in [5.74, 6) is -0.148. The first-order chi connectivity index (χ1) is 14.2. The number of fused-ring (bicyclic) bond motifs is 1. The molecular weight excluding hydrogens is 382 g/mol. The molecule has 7 nitrogen and oxygen atoms in total. The molecule has 0 radical (unpaired) electrons. The molecule has 5 rings (SSSR count). The van der Waals surface area contributed by atoms with E-state index in [0.29, 0.717) is 32.1 Å². The van der Waals surface area contributed by atoms with E-state index in [4.69, 9.17) is 0 Å². The van der Waals surface area contributed by atoms with E-state index in [1.54, 1.807) is 12.1 Å². The first-order valence-corrected chi connectivity index (χ1v) is 10.8. The maximum absolute atomic E-state index is 12.8. The summed E-state index contributed by atoms with van der Waals surface area (Å²) >= 11 is 0. The average molecular weight is 412 g/mol. The number of rotatable bonds is 3. The SMILES string of the molecule is C=C(C)CCN1CC[C@]23C[C@]4(CC[C@@]2(O)[C@H]1Cc1ccc(O)cc13)NC(=O)NC4=O. The number of hydrogen-bond donors (Lipinski definition) is 4. The van der Waals surface area contributed by atoms with Gasteiger partial charge in [-0.1, -0.05) is 11.6 Å². The lowest BCUT2D eigenvalue weighted by molar-refractivity contribution is -0.179. The predicted molar refractivity (Wildman–Crippen MR) is 111 cm³/mol. The van der Waals surface area contributed by atoms with Gasteiger partial charge in [-0.3, -0.25) is 15.0 Å². The van der Waals surface area contributed by atoms with Gasteiger partial charge in [0.05, 0.1) is 5.60 Å². The maximum atomic E-state index is 12.8. The highest BCUT2D eigenvalue weighted by molar-refractivity contribution is 6.07. The van der Waals surface area contributed by atoms with Crippen LogP contribution in [0.4, 0.5) is 4.79 Å². The number of aromatic hydroxyl groups is 1. The Morgan fingerprint density at radius 1 is 1.30 bits per heavy atom. The minimum atomic E-state index is -1.03. The number of carbonyl (C=O) groups excluding carboxylic acids is 2. The molecule has 2 saturated heterocycles. The second kappa shape index (κ2) is 6.31. The van der Waals surface area contributed by atoms with E-state index in [9.17, 15) is 19.8 Å². The standard InChI is InChI=1S/C23H29N3O4/c1-14(2)5-9-26-10-8-21-13-22(19(28)24-20(29)25-22)6-7-23(21,30)18(26)11-15-3-4-16(27)12-17(15)21/h3-4,12,18,27,30H,1,5-11,13H2,2H3,(H2,24,25,28,29)/t18-,21-,22+,23-/m1/s1. The van der Waals surface area contributed by atoms with Gasteiger partial charge in [0, 0.05) is 18.0 Å². The van der Waals surface area contributed by atoms with Gasteiger partial charge in [0.25, 0.3) is 5.91 Å². The molecule has 30 heavy (non-hydrogen) atoms. The van der Waals surface area contributed by atoms with E-state index in [2.05, 4.69) is 22.1 Å². The smallest absolute Gasteiger partial charge is 0.322 e. The Bertz CT molecular complexity index is 962. The lowest BCUT2D eigenvalue weighted by atomic mass is 9.46. The van der Waals surface area contributed by atoms with Crippen LogP contribution in [0.1, 0.15) is 50.2 Å². The Kier molecular flexibility index (Phi) is 4.12. The van der Waals surface area contributed by atoms with Crippen LogP contribution in [0.2, 0.25) is 0 Å². The summed E-state index contributed by atoms with van der Waals surface area (Å²) in [6.45, 7) is 7.68. The van der Waals surface area contributed by atoms with Crippen molar-refractivity contribution in [1.82, 2.24) is 15.5 Å². The van der Waals surface area contributed by atoms with Gasteiger partial charge in [-0.15, -0.1) is 6.58 Å². The third kappa shape index (κ3) is 2.51. The van der Waals surface area contributed by atoms with Crippen molar-refractivity contribution in [3.05, 3.63) is 41.5 Å². The number of carbonyl (C=O) groups is 2. The zero-order valence-corrected chi connectivity index (χ0v) is 17.3. The number of urea groups is 1. The Hall–Kier alpha value is -2.38. The Morgan fingerprint density at radius 3 is 2.80 bits per heavy atom. The summed E-state index contributed by atoms with van der Waals surface area (Å²) in [7, 11) is 0. The summed E-state index contributed by atoms with van der Waals surface area (Å²) in [6, 6.07) is 4.85. The zero-order chi connectivity index (χ0) is 21.3. The van der Waals surface area contributed by atoms with E-state index in [0.717, 1.165) is 36.2 Å². The molecule has 0 unspecified atom stereocenters. The second-order valence-electron chi connectivity index (χ2n) is 9.73. The van der Waals surface area contributed by atoms with Gasteiger partial charge < -0.3 is 15.5 Å². The molecule has 160 valence electrons. The molecule has 4 aliphatic rings. The molecule has 0 aromatic heterocycles. The lowest BCUT2D eigenvalue weighted by Gasteiger charge is -2.65. The van der Waals surface area contributed by atoms with E-state index in [1.165, 1.54) is 0 Å². The molecule has 2 bridgehead atoms. The van der Waals surface area contributed by atoms with E-state index < -0.39 is 22.6 Å². The van der Waals surface area contributed by atoms with Crippen LogP contribution < -0.4 is 10.6 Å². The summed E-state index contributed by atoms with van der Waals surface area (Å²) in [4.78, 5) is 27.1. The van der Waals surface area contributed by atoms with Crippen LogP contribution >= 0.6 is 0 Å². The van der Waals surface area contributed by atoms with Gasteiger partial charge in [0.15, 0.2) is 0 Å². The molecule has 3 fully saturated rings. The number of imide groups is 1. The highest BCUT2D eigenvalue weighted by Gasteiger charge is 2.69. The molecule has 3 amide bonds. The number of phenols is 1.